The zero-order valence-corrected chi connectivity index (χ0v) is 17.0. The minimum atomic E-state index is -0.451. The van der Waals surface area contributed by atoms with Crippen LogP contribution in [0, 0.1) is 6.92 Å². The van der Waals surface area contributed by atoms with Crippen molar-refractivity contribution in [2.45, 2.75) is 19.8 Å². The Hall–Kier alpha value is -2.64. The van der Waals surface area contributed by atoms with E-state index in [9.17, 15) is 9.59 Å². The van der Waals surface area contributed by atoms with Crippen molar-refractivity contribution in [2.75, 3.05) is 19.0 Å². The molecule has 0 aliphatic rings. The third-order valence-corrected chi connectivity index (χ3v) is 5.50. The highest BCUT2D eigenvalue weighted by molar-refractivity contribution is 7.18. The Labute approximate surface area is 171 Å². The average molecular weight is 419 g/mol. The smallest absolute Gasteiger partial charge is 0.306 e. The minimum Gasteiger partial charge on any atom is -0.495 e. The van der Waals surface area contributed by atoms with Crippen LogP contribution in [0.3, 0.4) is 0 Å². The number of anilines is 1. The Kier molecular flexibility index (Phi) is 6.49. The van der Waals surface area contributed by atoms with Gasteiger partial charge in [-0.2, -0.15) is 0 Å². The van der Waals surface area contributed by atoms with Gasteiger partial charge in [-0.15, -0.1) is 11.3 Å². The molecule has 2 aromatic carbocycles. The van der Waals surface area contributed by atoms with Crippen LogP contribution in [-0.4, -0.2) is 30.6 Å². The van der Waals surface area contributed by atoms with Crippen LogP contribution >= 0.6 is 22.9 Å². The van der Waals surface area contributed by atoms with Gasteiger partial charge >= 0.3 is 5.97 Å². The summed E-state index contributed by atoms with van der Waals surface area (Å²) in [6.45, 7) is 1.45. The molecule has 8 heteroatoms. The number of fused-ring (bicyclic) bond motifs is 1. The third kappa shape index (κ3) is 4.99. The van der Waals surface area contributed by atoms with E-state index < -0.39 is 11.9 Å². The summed E-state index contributed by atoms with van der Waals surface area (Å²) < 4.78 is 11.3. The molecule has 0 saturated carbocycles. The fraction of sp³-hybridized carbons (Fsp3) is 0.250. The molecule has 0 aliphatic carbocycles. The lowest BCUT2D eigenvalue weighted by Crippen LogP contribution is -2.21. The molecule has 1 amide bonds. The fourth-order valence-corrected chi connectivity index (χ4v) is 3.69. The second-order valence-electron chi connectivity index (χ2n) is 6.09. The highest BCUT2D eigenvalue weighted by atomic mass is 35.5. The number of para-hydroxylation sites is 1. The van der Waals surface area contributed by atoms with Gasteiger partial charge in [-0.1, -0.05) is 23.7 Å². The summed E-state index contributed by atoms with van der Waals surface area (Å²) in [6, 6.07) is 11.1. The molecular formula is C20H19ClN2O4S. The number of thiazole rings is 1. The molecule has 0 unspecified atom stereocenters. The zero-order valence-electron chi connectivity index (χ0n) is 15.5. The predicted octanol–water partition coefficient (Wildman–Crippen LogP) is 4.38. The molecule has 3 aromatic rings. The number of hydrogen-bond donors (Lipinski definition) is 1. The summed E-state index contributed by atoms with van der Waals surface area (Å²) in [5, 5.41) is 4.07. The molecule has 0 fully saturated rings. The maximum absolute atomic E-state index is 12.1. The summed E-state index contributed by atoms with van der Waals surface area (Å²) in [4.78, 5) is 28.5. The van der Waals surface area contributed by atoms with Gasteiger partial charge in [0.1, 0.15) is 5.75 Å². The van der Waals surface area contributed by atoms with Crippen molar-refractivity contribution in [3.05, 3.63) is 52.0 Å². The number of hydrogen-bond acceptors (Lipinski definition) is 6. The van der Waals surface area contributed by atoms with Crippen molar-refractivity contribution in [3.63, 3.8) is 0 Å². The lowest BCUT2D eigenvalue weighted by molar-refractivity contribution is -0.147. The van der Waals surface area contributed by atoms with E-state index in [-0.39, 0.29) is 13.0 Å². The second-order valence-corrected chi connectivity index (χ2v) is 7.61. The van der Waals surface area contributed by atoms with Gasteiger partial charge in [0.2, 0.25) is 0 Å². The van der Waals surface area contributed by atoms with E-state index in [4.69, 9.17) is 21.1 Å². The van der Waals surface area contributed by atoms with Gasteiger partial charge in [0, 0.05) is 17.5 Å². The van der Waals surface area contributed by atoms with E-state index in [1.165, 1.54) is 7.11 Å². The first-order chi connectivity index (χ1) is 13.5. The van der Waals surface area contributed by atoms with Crippen LogP contribution in [0.15, 0.2) is 36.4 Å². The van der Waals surface area contributed by atoms with Gasteiger partial charge in [0.25, 0.3) is 5.91 Å². The number of methoxy groups -OCH3 is 1. The van der Waals surface area contributed by atoms with Gasteiger partial charge in [0.05, 0.1) is 34.4 Å². The Morgan fingerprint density at radius 2 is 2.04 bits per heavy atom. The summed E-state index contributed by atoms with van der Waals surface area (Å²) in [6.07, 6.45) is 0.639. The molecular weight excluding hydrogens is 400 g/mol. The molecule has 0 bridgehead atoms. The van der Waals surface area contributed by atoms with E-state index >= 15 is 0 Å². The number of nitrogens with one attached hydrogen (secondary N) is 1. The second kappa shape index (κ2) is 9.03. The van der Waals surface area contributed by atoms with Gasteiger partial charge in [0.15, 0.2) is 6.61 Å². The molecule has 1 N–H and O–H groups in total. The van der Waals surface area contributed by atoms with E-state index in [0.717, 1.165) is 20.8 Å². The van der Waals surface area contributed by atoms with Crippen molar-refractivity contribution in [3.8, 4) is 5.75 Å². The monoisotopic (exact) mass is 418 g/mol. The fourth-order valence-electron chi connectivity index (χ4n) is 2.57. The molecule has 6 nitrogen and oxygen atoms in total. The SMILES string of the molecule is COc1cc(Cl)c(C)cc1NC(=O)COC(=O)CCc1nc2ccccc2s1. The highest BCUT2D eigenvalue weighted by Gasteiger charge is 2.13. The standard InChI is InChI=1S/C20H19ClN2O4S/c1-12-9-15(16(26-2)10-13(12)21)22-18(24)11-27-20(25)8-7-19-23-14-5-3-4-6-17(14)28-19/h3-6,9-10H,7-8,11H2,1-2H3,(H,22,24). The molecule has 3 rings (SSSR count). The van der Waals surface area contributed by atoms with Crippen LogP contribution in [0.5, 0.6) is 5.75 Å². The first-order valence-corrected chi connectivity index (χ1v) is 9.80. The van der Waals surface area contributed by atoms with Crippen molar-refractivity contribution >= 4 is 50.7 Å². The number of carbonyl (C=O) groups excluding carboxylic acids is 2. The molecule has 0 saturated heterocycles. The molecule has 0 atom stereocenters. The number of amides is 1. The lowest BCUT2D eigenvalue weighted by Gasteiger charge is -2.12. The largest absolute Gasteiger partial charge is 0.495 e. The number of aryl methyl sites for hydroxylation is 2. The first kappa shape index (κ1) is 20.1. The van der Waals surface area contributed by atoms with E-state index in [1.807, 2.05) is 31.2 Å². The predicted molar refractivity (Wildman–Crippen MR) is 110 cm³/mol. The molecule has 0 aliphatic heterocycles. The number of rotatable bonds is 7. The summed E-state index contributed by atoms with van der Waals surface area (Å²) in [5.74, 6) is -0.465. The number of carbonyl (C=O) groups is 2. The van der Waals surface area contributed by atoms with E-state index in [2.05, 4.69) is 10.3 Å². The van der Waals surface area contributed by atoms with E-state index in [1.54, 1.807) is 23.5 Å². The number of nitrogens with zero attached hydrogens (tertiary/aromatic N) is 1. The number of halogens is 1. The number of aromatic nitrogens is 1. The maximum atomic E-state index is 12.1. The Morgan fingerprint density at radius 3 is 2.79 bits per heavy atom. The molecule has 0 radical (unpaired) electrons. The van der Waals surface area contributed by atoms with Crippen LogP contribution in [0.1, 0.15) is 17.0 Å². The van der Waals surface area contributed by atoms with Crippen LogP contribution in [0.2, 0.25) is 5.02 Å². The quantitative estimate of drug-likeness (QED) is 0.576. The van der Waals surface area contributed by atoms with Crippen molar-refractivity contribution in [1.29, 1.82) is 0 Å². The van der Waals surface area contributed by atoms with Gasteiger partial charge in [-0.25, -0.2) is 4.98 Å². The van der Waals surface area contributed by atoms with Crippen LogP contribution in [0.25, 0.3) is 10.2 Å². The topological polar surface area (TPSA) is 77.5 Å². The highest BCUT2D eigenvalue weighted by Crippen LogP contribution is 2.30. The number of benzene rings is 2. The van der Waals surface area contributed by atoms with Crippen molar-refractivity contribution in [2.24, 2.45) is 0 Å². The zero-order chi connectivity index (χ0) is 20.1. The third-order valence-electron chi connectivity index (χ3n) is 4.00. The minimum absolute atomic E-state index is 0.163. The van der Waals surface area contributed by atoms with Crippen LogP contribution in [-0.2, 0) is 20.7 Å². The summed E-state index contributed by atoms with van der Waals surface area (Å²) in [7, 11) is 1.48. The van der Waals surface area contributed by atoms with Crippen molar-refractivity contribution < 1.29 is 19.1 Å². The van der Waals surface area contributed by atoms with Crippen LogP contribution in [0.4, 0.5) is 5.69 Å². The molecule has 1 heterocycles. The first-order valence-electron chi connectivity index (χ1n) is 8.60. The Morgan fingerprint density at radius 1 is 1.25 bits per heavy atom. The van der Waals surface area contributed by atoms with Gasteiger partial charge in [-0.3, -0.25) is 9.59 Å². The Bertz CT molecular complexity index is 986. The number of esters is 1. The lowest BCUT2D eigenvalue weighted by atomic mass is 10.2. The van der Waals surface area contributed by atoms with Gasteiger partial charge in [-0.05, 0) is 30.7 Å². The normalized spacial score (nSPS) is 10.7. The molecule has 0 spiro atoms. The summed E-state index contributed by atoms with van der Waals surface area (Å²) in [5.41, 5.74) is 2.19. The van der Waals surface area contributed by atoms with E-state index in [0.29, 0.717) is 22.9 Å². The molecule has 28 heavy (non-hydrogen) atoms. The average Bonchev–Trinajstić information content (AvgIpc) is 3.10. The molecule has 1 aromatic heterocycles. The van der Waals surface area contributed by atoms with Crippen molar-refractivity contribution in [1.82, 2.24) is 4.98 Å². The summed E-state index contributed by atoms with van der Waals surface area (Å²) >= 11 is 7.60. The Balaban J connectivity index is 1.49. The number of ether oxygens (including phenoxy) is 2. The van der Waals surface area contributed by atoms with Crippen LogP contribution < -0.4 is 10.1 Å². The maximum Gasteiger partial charge on any atom is 0.306 e. The van der Waals surface area contributed by atoms with Gasteiger partial charge < -0.3 is 14.8 Å². The molecule has 146 valence electrons.